The molecule has 1 aromatic rings. The first-order valence-electron chi connectivity index (χ1n) is 7.43. The molecule has 0 spiro atoms. The number of hydrogen-bond donors (Lipinski definition) is 0. The van der Waals surface area contributed by atoms with E-state index in [9.17, 15) is 0 Å². The quantitative estimate of drug-likeness (QED) is 0.420. The highest BCUT2D eigenvalue weighted by Gasteiger charge is 2.43. The van der Waals surface area contributed by atoms with E-state index < -0.39 is 18.2 Å². The summed E-state index contributed by atoms with van der Waals surface area (Å²) in [6.45, 7) is 10.7. The number of ether oxygens (including phenoxy) is 1. The van der Waals surface area contributed by atoms with Gasteiger partial charge in [-0.1, -0.05) is 79.9 Å². The SMILES string of the molecule is COc1ccc(/C=C/[C@@H](O[Si](C)(C)C(C)(C)C)C(Cl)(Cl)Cl)cc1. The van der Waals surface area contributed by atoms with Gasteiger partial charge in [-0.05, 0) is 35.8 Å². The van der Waals surface area contributed by atoms with Gasteiger partial charge < -0.3 is 9.16 Å². The Morgan fingerprint density at radius 3 is 1.96 bits per heavy atom. The van der Waals surface area contributed by atoms with Crippen LogP contribution >= 0.6 is 34.8 Å². The fourth-order valence-electron chi connectivity index (χ4n) is 1.62. The lowest BCUT2D eigenvalue weighted by molar-refractivity contribution is 0.229. The smallest absolute Gasteiger partial charge is 0.218 e. The molecule has 0 aliphatic rings. The van der Waals surface area contributed by atoms with Gasteiger partial charge in [0.15, 0.2) is 8.32 Å². The maximum atomic E-state index is 6.27. The molecule has 0 radical (unpaired) electrons. The molecule has 1 rings (SSSR count). The summed E-state index contributed by atoms with van der Waals surface area (Å²) in [6, 6.07) is 7.66. The summed E-state index contributed by atoms with van der Waals surface area (Å²) in [4.78, 5) is 0. The Morgan fingerprint density at radius 2 is 1.57 bits per heavy atom. The van der Waals surface area contributed by atoms with Crippen molar-refractivity contribution in [2.24, 2.45) is 0 Å². The second kappa shape index (κ2) is 7.79. The van der Waals surface area contributed by atoms with Crippen molar-refractivity contribution in [2.75, 3.05) is 7.11 Å². The average molecular weight is 396 g/mol. The van der Waals surface area contributed by atoms with Gasteiger partial charge in [0.2, 0.25) is 3.79 Å². The van der Waals surface area contributed by atoms with E-state index in [1.807, 2.05) is 36.4 Å². The van der Waals surface area contributed by atoms with Crippen LogP contribution in [0.5, 0.6) is 5.75 Å². The summed E-state index contributed by atoms with van der Waals surface area (Å²) in [5, 5.41) is 0.0368. The van der Waals surface area contributed by atoms with Crippen LogP contribution < -0.4 is 4.74 Å². The highest BCUT2D eigenvalue weighted by Crippen LogP contribution is 2.42. The molecule has 0 unspecified atom stereocenters. The molecule has 0 fully saturated rings. The molecule has 6 heteroatoms. The third-order valence-electron chi connectivity index (χ3n) is 4.13. The molecule has 0 N–H and O–H groups in total. The van der Waals surface area contributed by atoms with E-state index in [-0.39, 0.29) is 5.04 Å². The van der Waals surface area contributed by atoms with Gasteiger partial charge in [-0.3, -0.25) is 0 Å². The van der Waals surface area contributed by atoms with Crippen LogP contribution in [0.2, 0.25) is 18.1 Å². The van der Waals surface area contributed by atoms with Crippen molar-refractivity contribution in [2.45, 2.75) is 48.8 Å². The predicted octanol–water partition coefficient (Wildman–Crippen LogP) is 6.47. The lowest BCUT2D eigenvalue weighted by atomic mass is 10.2. The van der Waals surface area contributed by atoms with Gasteiger partial charge >= 0.3 is 0 Å². The predicted molar refractivity (Wildman–Crippen MR) is 104 cm³/mol. The minimum atomic E-state index is -2.06. The normalized spacial score (nSPS) is 15.0. The van der Waals surface area contributed by atoms with Crippen molar-refractivity contribution in [3.8, 4) is 5.75 Å². The minimum Gasteiger partial charge on any atom is -0.497 e. The topological polar surface area (TPSA) is 18.5 Å². The fourth-order valence-corrected chi connectivity index (χ4v) is 3.44. The zero-order chi connectivity index (χ0) is 17.9. The maximum Gasteiger partial charge on any atom is 0.218 e. The van der Waals surface area contributed by atoms with E-state index in [2.05, 4.69) is 33.9 Å². The van der Waals surface area contributed by atoms with Crippen LogP contribution in [0.1, 0.15) is 26.3 Å². The first kappa shape index (κ1) is 20.9. The highest BCUT2D eigenvalue weighted by molar-refractivity contribution is 6.74. The Morgan fingerprint density at radius 1 is 1.04 bits per heavy atom. The molecule has 23 heavy (non-hydrogen) atoms. The van der Waals surface area contributed by atoms with Crippen LogP contribution in [-0.2, 0) is 4.43 Å². The number of rotatable bonds is 5. The van der Waals surface area contributed by atoms with Crippen LogP contribution in [0, 0.1) is 0 Å². The van der Waals surface area contributed by atoms with E-state index in [0.29, 0.717) is 0 Å². The molecular weight excluding hydrogens is 371 g/mol. The monoisotopic (exact) mass is 394 g/mol. The summed E-state index contributed by atoms with van der Waals surface area (Å²) < 4.78 is 9.90. The molecule has 0 aliphatic carbocycles. The average Bonchev–Trinajstić information content (AvgIpc) is 2.41. The summed E-state index contributed by atoms with van der Waals surface area (Å²) in [5.41, 5.74) is 0.990. The third-order valence-corrected chi connectivity index (χ3v) is 9.23. The van der Waals surface area contributed by atoms with Crippen molar-refractivity contribution < 1.29 is 9.16 Å². The summed E-state index contributed by atoms with van der Waals surface area (Å²) in [6.07, 6.45) is 3.12. The third kappa shape index (κ3) is 6.31. The van der Waals surface area contributed by atoms with Gasteiger partial charge in [0, 0.05) is 0 Å². The molecular formula is C17H25Cl3O2Si. The molecule has 0 saturated heterocycles. The molecule has 0 bridgehead atoms. The van der Waals surface area contributed by atoms with Crippen LogP contribution in [0.15, 0.2) is 30.3 Å². The standard InChI is InChI=1S/C17H25Cl3O2Si/c1-16(2,3)23(5,6)22-15(17(18,19)20)12-9-13-7-10-14(21-4)11-8-13/h7-12,15H,1-6H3/b12-9+/t15-/m1/s1. The Balaban J connectivity index is 2.97. The van der Waals surface area contributed by atoms with E-state index in [1.165, 1.54) is 0 Å². The zero-order valence-corrected chi connectivity index (χ0v) is 17.8. The van der Waals surface area contributed by atoms with Crippen LogP contribution in [0.4, 0.5) is 0 Å². The summed E-state index contributed by atoms with van der Waals surface area (Å²) in [5.74, 6) is 0.803. The number of alkyl halides is 3. The number of hydrogen-bond acceptors (Lipinski definition) is 2. The molecule has 0 heterocycles. The van der Waals surface area contributed by atoms with Crippen molar-refractivity contribution in [1.29, 1.82) is 0 Å². The Labute approximate surface area is 155 Å². The minimum absolute atomic E-state index is 0.0368. The second-order valence-corrected chi connectivity index (χ2v) is 14.1. The summed E-state index contributed by atoms with van der Waals surface area (Å²) in [7, 11) is -0.420. The molecule has 0 amide bonds. The Bertz CT molecular complexity index is 528. The van der Waals surface area contributed by atoms with Gasteiger partial charge in [0.25, 0.3) is 0 Å². The molecule has 1 aromatic carbocycles. The van der Waals surface area contributed by atoms with Crippen molar-refractivity contribution in [1.82, 2.24) is 0 Å². The lowest BCUT2D eigenvalue weighted by Gasteiger charge is -2.40. The van der Waals surface area contributed by atoms with Crippen molar-refractivity contribution in [3.63, 3.8) is 0 Å². The molecule has 2 nitrogen and oxygen atoms in total. The second-order valence-electron chi connectivity index (χ2n) is 6.97. The van der Waals surface area contributed by atoms with Gasteiger partial charge in [-0.25, -0.2) is 0 Å². The van der Waals surface area contributed by atoms with Gasteiger partial charge in [-0.15, -0.1) is 0 Å². The van der Waals surface area contributed by atoms with E-state index in [4.69, 9.17) is 44.0 Å². The first-order valence-corrected chi connectivity index (χ1v) is 11.5. The van der Waals surface area contributed by atoms with Crippen LogP contribution in [0.25, 0.3) is 6.08 Å². The molecule has 0 saturated carbocycles. The molecule has 1 atom stereocenters. The first-order chi connectivity index (χ1) is 10.4. The fraction of sp³-hybridized carbons (Fsp3) is 0.529. The zero-order valence-electron chi connectivity index (χ0n) is 14.5. The molecule has 130 valence electrons. The summed E-state index contributed by atoms with van der Waals surface area (Å²) >= 11 is 18.4. The number of halogens is 3. The Hall–Kier alpha value is -0.193. The van der Waals surface area contributed by atoms with E-state index in [0.717, 1.165) is 11.3 Å². The maximum absolute atomic E-state index is 6.27. The molecule has 0 aliphatic heterocycles. The Kier molecular flexibility index (Phi) is 7.06. The van der Waals surface area contributed by atoms with Crippen molar-refractivity contribution in [3.05, 3.63) is 35.9 Å². The molecule has 0 aromatic heterocycles. The van der Waals surface area contributed by atoms with Gasteiger partial charge in [-0.2, -0.15) is 0 Å². The van der Waals surface area contributed by atoms with Gasteiger partial charge in [0.1, 0.15) is 11.9 Å². The van der Waals surface area contributed by atoms with E-state index >= 15 is 0 Å². The van der Waals surface area contributed by atoms with E-state index in [1.54, 1.807) is 7.11 Å². The lowest BCUT2D eigenvalue weighted by Crippen LogP contribution is -2.46. The van der Waals surface area contributed by atoms with Crippen LogP contribution in [0.3, 0.4) is 0 Å². The van der Waals surface area contributed by atoms with Gasteiger partial charge in [0.05, 0.1) is 7.11 Å². The van der Waals surface area contributed by atoms with Crippen molar-refractivity contribution >= 4 is 49.2 Å². The largest absolute Gasteiger partial charge is 0.497 e. The number of benzene rings is 1. The number of methoxy groups -OCH3 is 1. The highest BCUT2D eigenvalue weighted by atomic mass is 35.6. The van der Waals surface area contributed by atoms with Crippen LogP contribution in [-0.4, -0.2) is 25.3 Å².